The lowest BCUT2D eigenvalue weighted by molar-refractivity contribution is 0.505. The molecule has 0 saturated heterocycles. The Morgan fingerprint density at radius 3 is 2.58 bits per heavy atom. The Kier molecular flexibility index (Phi) is 2.56. The summed E-state index contributed by atoms with van der Waals surface area (Å²) in [5.41, 5.74) is 8.15. The number of furan rings is 1. The smallest absolute Gasteiger partial charge is 0.250 e. The van der Waals surface area contributed by atoms with Crippen molar-refractivity contribution in [3.05, 3.63) is 42.2 Å². The first-order valence-corrected chi connectivity index (χ1v) is 5.85. The molecule has 6 nitrogen and oxygen atoms in total. The van der Waals surface area contributed by atoms with Crippen molar-refractivity contribution in [3.63, 3.8) is 0 Å². The molecule has 19 heavy (non-hydrogen) atoms. The van der Waals surface area contributed by atoms with Gasteiger partial charge in [-0.2, -0.15) is 5.10 Å². The summed E-state index contributed by atoms with van der Waals surface area (Å²) < 4.78 is 7.06. The highest BCUT2D eigenvalue weighted by molar-refractivity contribution is 5.74. The largest absolute Gasteiger partial charge is 0.466 e. The first-order chi connectivity index (χ1) is 9.15. The number of hydrogen-bond donors (Lipinski definition) is 1. The number of hydrogen-bond acceptors (Lipinski definition) is 5. The fourth-order valence-electron chi connectivity index (χ4n) is 1.97. The standard InChI is InChI=1S/C13H13N5O/c1-8-6-10(9(2)19-8)12-11(14)7-18(17-12)13-15-4-3-5-16-13/h3-7H,14H2,1-2H3. The predicted molar refractivity (Wildman–Crippen MR) is 70.7 cm³/mol. The molecule has 96 valence electrons. The normalized spacial score (nSPS) is 10.8. The van der Waals surface area contributed by atoms with Crippen molar-refractivity contribution >= 4 is 5.69 Å². The van der Waals surface area contributed by atoms with Gasteiger partial charge >= 0.3 is 0 Å². The molecule has 3 aromatic rings. The summed E-state index contributed by atoms with van der Waals surface area (Å²) in [6.45, 7) is 3.78. The minimum Gasteiger partial charge on any atom is -0.466 e. The second-order valence-electron chi connectivity index (χ2n) is 4.25. The van der Waals surface area contributed by atoms with Crippen LogP contribution in [0.2, 0.25) is 0 Å². The number of nitrogens with two attached hydrogens (primary N) is 1. The second-order valence-corrected chi connectivity index (χ2v) is 4.25. The monoisotopic (exact) mass is 255 g/mol. The molecule has 3 rings (SSSR count). The summed E-state index contributed by atoms with van der Waals surface area (Å²) in [7, 11) is 0. The van der Waals surface area contributed by atoms with Gasteiger partial charge in [-0.3, -0.25) is 0 Å². The Morgan fingerprint density at radius 1 is 1.21 bits per heavy atom. The van der Waals surface area contributed by atoms with Crippen molar-refractivity contribution in [1.29, 1.82) is 0 Å². The average molecular weight is 255 g/mol. The van der Waals surface area contributed by atoms with Crippen LogP contribution in [0.4, 0.5) is 5.69 Å². The number of anilines is 1. The zero-order valence-corrected chi connectivity index (χ0v) is 10.7. The minimum absolute atomic E-state index is 0.485. The van der Waals surface area contributed by atoms with E-state index >= 15 is 0 Å². The Hall–Kier alpha value is -2.63. The van der Waals surface area contributed by atoms with Gasteiger partial charge in [0.15, 0.2) is 0 Å². The highest BCUT2D eigenvalue weighted by Gasteiger charge is 2.15. The third-order valence-corrected chi connectivity index (χ3v) is 2.80. The topological polar surface area (TPSA) is 82.8 Å². The van der Waals surface area contributed by atoms with Gasteiger partial charge in [0, 0.05) is 18.0 Å². The van der Waals surface area contributed by atoms with Crippen LogP contribution in [-0.4, -0.2) is 19.7 Å². The Bertz CT molecular complexity index is 714. The van der Waals surface area contributed by atoms with Crippen LogP contribution < -0.4 is 5.73 Å². The lowest BCUT2D eigenvalue weighted by Crippen LogP contribution is -2.00. The molecular weight excluding hydrogens is 242 g/mol. The van der Waals surface area contributed by atoms with Gasteiger partial charge in [-0.1, -0.05) is 0 Å². The van der Waals surface area contributed by atoms with E-state index < -0.39 is 0 Å². The maximum Gasteiger partial charge on any atom is 0.250 e. The zero-order valence-electron chi connectivity index (χ0n) is 10.7. The molecule has 0 aromatic carbocycles. The van der Waals surface area contributed by atoms with Crippen LogP contribution in [0.3, 0.4) is 0 Å². The summed E-state index contributed by atoms with van der Waals surface area (Å²) in [6, 6.07) is 3.67. The molecule has 0 unspecified atom stereocenters. The molecule has 0 radical (unpaired) electrons. The summed E-state index contributed by atoms with van der Waals surface area (Å²) in [6.07, 6.45) is 5.02. The van der Waals surface area contributed by atoms with Crippen LogP contribution in [0.1, 0.15) is 11.5 Å². The van der Waals surface area contributed by atoms with Crippen LogP contribution in [-0.2, 0) is 0 Å². The third-order valence-electron chi connectivity index (χ3n) is 2.80. The Labute approximate surface area is 109 Å². The highest BCUT2D eigenvalue weighted by atomic mass is 16.3. The molecule has 0 amide bonds. The number of nitrogens with zero attached hydrogens (tertiary/aromatic N) is 4. The van der Waals surface area contributed by atoms with E-state index in [1.54, 1.807) is 29.3 Å². The molecule has 0 aliphatic carbocycles. The molecule has 3 heterocycles. The molecule has 3 aromatic heterocycles. The molecular formula is C13H13N5O. The fourth-order valence-corrected chi connectivity index (χ4v) is 1.97. The maximum absolute atomic E-state index is 6.01. The van der Waals surface area contributed by atoms with Crippen LogP contribution in [0, 0.1) is 13.8 Å². The minimum atomic E-state index is 0.485. The van der Waals surface area contributed by atoms with Gasteiger partial charge in [0.05, 0.1) is 11.9 Å². The molecule has 0 spiro atoms. The summed E-state index contributed by atoms with van der Waals surface area (Å²) in [4.78, 5) is 8.27. The molecule has 0 atom stereocenters. The van der Waals surface area contributed by atoms with E-state index in [9.17, 15) is 0 Å². The molecule has 0 saturated carbocycles. The lowest BCUT2D eigenvalue weighted by Gasteiger charge is -1.97. The zero-order chi connectivity index (χ0) is 13.4. The van der Waals surface area contributed by atoms with Gasteiger partial charge in [-0.25, -0.2) is 14.6 Å². The first kappa shape index (κ1) is 11.5. The average Bonchev–Trinajstić information content (AvgIpc) is 2.93. The van der Waals surface area contributed by atoms with Gasteiger partial charge < -0.3 is 10.2 Å². The van der Waals surface area contributed by atoms with Crippen molar-refractivity contribution in [3.8, 4) is 17.2 Å². The van der Waals surface area contributed by atoms with Crippen molar-refractivity contribution in [2.45, 2.75) is 13.8 Å². The summed E-state index contributed by atoms with van der Waals surface area (Å²) >= 11 is 0. The van der Waals surface area contributed by atoms with Crippen LogP contribution in [0.5, 0.6) is 0 Å². The van der Waals surface area contributed by atoms with Crippen LogP contribution in [0.15, 0.2) is 35.1 Å². The van der Waals surface area contributed by atoms with Crippen molar-refractivity contribution < 1.29 is 4.42 Å². The van der Waals surface area contributed by atoms with Crippen LogP contribution >= 0.6 is 0 Å². The van der Waals surface area contributed by atoms with E-state index in [0.717, 1.165) is 17.1 Å². The third kappa shape index (κ3) is 1.97. The number of nitrogen functional groups attached to an aromatic ring is 1. The van der Waals surface area contributed by atoms with E-state index in [1.165, 1.54) is 0 Å². The predicted octanol–water partition coefficient (Wildman–Crippen LogP) is 2.12. The van der Waals surface area contributed by atoms with Gasteiger partial charge in [0.1, 0.15) is 17.2 Å². The molecule has 0 aliphatic heterocycles. The van der Waals surface area contributed by atoms with Gasteiger partial charge in [-0.05, 0) is 26.0 Å². The van der Waals surface area contributed by atoms with E-state index in [-0.39, 0.29) is 0 Å². The lowest BCUT2D eigenvalue weighted by atomic mass is 10.1. The van der Waals surface area contributed by atoms with E-state index in [0.29, 0.717) is 17.3 Å². The Morgan fingerprint density at radius 2 is 1.95 bits per heavy atom. The molecule has 0 fully saturated rings. The first-order valence-electron chi connectivity index (χ1n) is 5.85. The summed E-state index contributed by atoms with van der Waals surface area (Å²) in [5, 5.41) is 4.43. The van der Waals surface area contributed by atoms with Gasteiger partial charge in [-0.15, -0.1) is 0 Å². The molecule has 6 heteroatoms. The number of aromatic nitrogens is 4. The highest BCUT2D eigenvalue weighted by Crippen LogP contribution is 2.29. The quantitative estimate of drug-likeness (QED) is 0.758. The molecule has 0 bridgehead atoms. The SMILES string of the molecule is Cc1cc(-c2nn(-c3ncccn3)cc2N)c(C)o1. The van der Waals surface area contributed by atoms with Crippen molar-refractivity contribution in [1.82, 2.24) is 19.7 Å². The van der Waals surface area contributed by atoms with E-state index in [4.69, 9.17) is 10.2 Å². The number of rotatable bonds is 2. The van der Waals surface area contributed by atoms with Crippen LogP contribution in [0.25, 0.3) is 17.2 Å². The van der Waals surface area contributed by atoms with E-state index in [2.05, 4.69) is 15.1 Å². The molecule has 2 N–H and O–H groups in total. The fraction of sp³-hybridized carbons (Fsp3) is 0.154. The number of aryl methyl sites for hydroxylation is 2. The van der Waals surface area contributed by atoms with Crippen molar-refractivity contribution in [2.24, 2.45) is 0 Å². The Balaban J connectivity index is 2.10. The maximum atomic E-state index is 6.01. The van der Waals surface area contributed by atoms with E-state index in [1.807, 2.05) is 19.9 Å². The second kappa shape index (κ2) is 4.24. The van der Waals surface area contributed by atoms with Gasteiger partial charge in [0.2, 0.25) is 0 Å². The van der Waals surface area contributed by atoms with Gasteiger partial charge in [0.25, 0.3) is 5.95 Å². The van der Waals surface area contributed by atoms with Crippen molar-refractivity contribution in [2.75, 3.05) is 5.73 Å². The summed E-state index contributed by atoms with van der Waals surface area (Å²) in [5.74, 6) is 2.11. The molecule has 0 aliphatic rings.